The summed E-state index contributed by atoms with van der Waals surface area (Å²) in [5, 5.41) is 0. The summed E-state index contributed by atoms with van der Waals surface area (Å²) >= 11 is 0. The van der Waals surface area contributed by atoms with Crippen LogP contribution in [0.5, 0.6) is 5.75 Å². The lowest BCUT2D eigenvalue weighted by atomic mass is 9.90. The number of hydrogen-bond donors (Lipinski definition) is 0. The lowest BCUT2D eigenvalue weighted by Crippen LogP contribution is -2.19. The molecule has 0 aliphatic rings. The van der Waals surface area contributed by atoms with Gasteiger partial charge in [0.15, 0.2) is 0 Å². The Kier molecular flexibility index (Phi) is 5.21. The van der Waals surface area contributed by atoms with Gasteiger partial charge in [-0.15, -0.1) is 0 Å². The van der Waals surface area contributed by atoms with Crippen molar-refractivity contribution in [1.29, 1.82) is 0 Å². The van der Waals surface area contributed by atoms with Gasteiger partial charge in [0.05, 0.1) is 0 Å². The first kappa shape index (κ1) is 19.0. The predicted molar refractivity (Wildman–Crippen MR) is 99.3 cm³/mol. The average Bonchev–Trinajstić information content (AvgIpc) is 2.47. The summed E-state index contributed by atoms with van der Waals surface area (Å²) in [6.07, 6.45) is 0.233. The van der Waals surface area contributed by atoms with E-state index in [4.69, 9.17) is 9.15 Å². The largest absolute Gasteiger partial charge is 0.427 e. The van der Waals surface area contributed by atoms with Crippen molar-refractivity contribution in [1.82, 2.24) is 0 Å². The third-order valence-electron chi connectivity index (χ3n) is 4.09. The molecule has 0 fully saturated rings. The van der Waals surface area contributed by atoms with Crippen LogP contribution in [0.4, 0.5) is 0 Å². The Morgan fingerprint density at radius 1 is 1.04 bits per heavy atom. The molecule has 1 heterocycles. The molecule has 0 N–H and O–H groups in total. The van der Waals surface area contributed by atoms with E-state index in [9.17, 15) is 9.59 Å². The molecule has 0 saturated heterocycles. The normalized spacial score (nSPS) is 11.5. The molecule has 25 heavy (non-hydrogen) atoms. The Morgan fingerprint density at radius 2 is 1.60 bits per heavy atom. The SMILES string of the molecule is CCC(=O)Oc1cc(C(C)(C)C)oc(=O)c1-c1c(C)cc(C)cc1C. The molecule has 0 spiro atoms. The van der Waals surface area contributed by atoms with Crippen molar-refractivity contribution in [3.05, 3.63) is 51.1 Å². The molecule has 134 valence electrons. The third kappa shape index (κ3) is 4.01. The zero-order valence-electron chi connectivity index (χ0n) is 16.1. The van der Waals surface area contributed by atoms with Gasteiger partial charge >= 0.3 is 11.6 Å². The molecule has 0 unspecified atom stereocenters. The molecule has 0 amide bonds. The number of aryl methyl sites for hydroxylation is 3. The van der Waals surface area contributed by atoms with Crippen molar-refractivity contribution in [3.8, 4) is 16.9 Å². The molecule has 0 saturated carbocycles. The van der Waals surface area contributed by atoms with E-state index < -0.39 is 5.63 Å². The highest BCUT2D eigenvalue weighted by molar-refractivity contribution is 5.80. The van der Waals surface area contributed by atoms with Crippen molar-refractivity contribution in [3.63, 3.8) is 0 Å². The Labute approximate surface area is 148 Å². The summed E-state index contributed by atoms with van der Waals surface area (Å²) in [4.78, 5) is 24.7. The fraction of sp³-hybridized carbons (Fsp3) is 0.429. The Hall–Kier alpha value is -2.36. The van der Waals surface area contributed by atoms with E-state index in [2.05, 4.69) is 0 Å². The highest BCUT2D eigenvalue weighted by Gasteiger charge is 2.25. The molecule has 0 radical (unpaired) electrons. The highest BCUT2D eigenvalue weighted by Crippen LogP contribution is 2.35. The highest BCUT2D eigenvalue weighted by atomic mass is 16.5. The number of ether oxygens (including phenoxy) is 1. The molecule has 4 heteroatoms. The van der Waals surface area contributed by atoms with Crippen LogP contribution in [0.1, 0.15) is 56.6 Å². The zero-order valence-corrected chi connectivity index (χ0v) is 16.1. The second-order valence-electron chi connectivity index (χ2n) is 7.49. The molecule has 1 aromatic carbocycles. The van der Waals surface area contributed by atoms with Crippen molar-refractivity contribution < 1.29 is 13.9 Å². The fourth-order valence-electron chi connectivity index (χ4n) is 2.92. The summed E-state index contributed by atoms with van der Waals surface area (Å²) in [5.41, 5.74) is 3.22. The quantitative estimate of drug-likeness (QED) is 0.749. The van der Waals surface area contributed by atoms with Crippen molar-refractivity contribution in [2.75, 3.05) is 0 Å². The van der Waals surface area contributed by atoms with E-state index >= 15 is 0 Å². The first-order valence-electron chi connectivity index (χ1n) is 8.52. The Bertz CT molecular complexity index is 843. The van der Waals surface area contributed by atoms with E-state index in [1.165, 1.54) is 0 Å². The third-order valence-corrected chi connectivity index (χ3v) is 4.09. The van der Waals surface area contributed by atoms with Gasteiger partial charge in [0.2, 0.25) is 0 Å². The van der Waals surface area contributed by atoms with E-state index in [0.717, 1.165) is 22.3 Å². The molecule has 2 rings (SSSR count). The van der Waals surface area contributed by atoms with Gasteiger partial charge in [-0.25, -0.2) is 4.79 Å². The number of rotatable bonds is 3. The lowest BCUT2D eigenvalue weighted by molar-refractivity contribution is -0.134. The molecule has 2 aromatic rings. The Morgan fingerprint density at radius 3 is 2.08 bits per heavy atom. The number of hydrogen-bond acceptors (Lipinski definition) is 4. The molecular weight excluding hydrogens is 316 g/mol. The van der Waals surface area contributed by atoms with Gasteiger partial charge in [-0.2, -0.15) is 0 Å². The standard InChI is InChI=1S/C21H26O4/c1-8-17(22)24-15-11-16(21(5,6)7)25-20(23)19(15)18-13(3)9-12(2)10-14(18)4/h9-11H,8H2,1-7H3. The van der Waals surface area contributed by atoms with Crippen LogP contribution in [0.15, 0.2) is 27.4 Å². The minimum atomic E-state index is -0.485. The predicted octanol–water partition coefficient (Wildman–Crippen LogP) is 4.84. The van der Waals surface area contributed by atoms with Crippen molar-refractivity contribution in [2.24, 2.45) is 0 Å². The molecular formula is C21H26O4. The minimum absolute atomic E-state index is 0.233. The summed E-state index contributed by atoms with van der Waals surface area (Å²) in [7, 11) is 0. The number of benzene rings is 1. The van der Waals surface area contributed by atoms with E-state index in [1.807, 2.05) is 53.7 Å². The number of esters is 1. The van der Waals surface area contributed by atoms with Gasteiger partial charge in [0, 0.05) is 17.9 Å². The first-order valence-corrected chi connectivity index (χ1v) is 8.52. The zero-order chi connectivity index (χ0) is 18.9. The van der Waals surface area contributed by atoms with Gasteiger partial charge in [-0.3, -0.25) is 4.79 Å². The van der Waals surface area contributed by atoms with Crippen LogP contribution in [0.25, 0.3) is 11.1 Å². The summed E-state index contributed by atoms with van der Waals surface area (Å²) in [6, 6.07) is 5.68. The van der Waals surface area contributed by atoms with Crippen LogP contribution in [-0.2, 0) is 10.2 Å². The minimum Gasteiger partial charge on any atom is -0.427 e. The summed E-state index contributed by atoms with van der Waals surface area (Å²) in [6.45, 7) is 13.4. The van der Waals surface area contributed by atoms with Crippen LogP contribution in [0.3, 0.4) is 0 Å². The van der Waals surface area contributed by atoms with Gasteiger partial charge < -0.3 is 9.15 Å². The second kappa shape index (κ2) is 6.87. The van der Waals surface area contributed by atoms with Crippen LogP contribution in [-0.4, -0.2) is 5.97 Å². The van der Waals surface area contributed by atoms with Gasteiger partial charge in [0.25, 0.3) is 0 Å². The second-order valence-corrected chi connectivity index (χ2v) is 7.49. The lowest BCUT2D eigenvalue weighted by Gasteiger charge is -2.20. The maximum absolute atomic E-state index is 12.8. The molecule has 0 atom stereocenters. The van der Waals surface area contributed by atoms with Crippen molar-refractivity contribution in [2.45, 2.75) is 60.3 Å². The molecule has 1 aromatic heterocycles. The van der Waals surface area contributed by atoms with Crippen LogP contribution >= 0.6 is 0 Å². The molecule has 4 nitrogen and oxygen atoms in total. The van der Waals surface area contributed by atoms with Gasteiger partial charge in [-0.1, -0.05) is 45.4 Å². The van der Waals surface area contributed by atoms with E-state index in [0.29, 0.717) is 11.3 Å². The van der Waals surface area contributed by atoms with Crippen LogP contribution in [0.2, 0.25) is 0 Å². The van der Waals surface area contributed by atoms with Crippen molar-refractivity contribution >= 4 is 5.97 Å². The number of carbonyl (C=O) groups excluding carboxylic acids is 1. The first-order chi connectivity index (χ1) is 11.5. The number of carbonyl (C=O) groups is 1. The van der Waals surface area contributed by atoms with E-state index in [1.54, 1.807) is 13.0 Å². The van der Waals surface area contributed by atoms with Gasteiger partial charge in [-0.05, 0) is 37.5 Å². The molecule has 0 aliphatic carbocycles. The summed E-state index contributed by atoms with van der Waals surface area (Å²) in [5.74, 6) is 0.375. The summed E-state index contributed by atoms with van der Waals surface area (Å²) < 4.78 is 11.1. The fourth-order valence-corrected chi connectivity index (χ4v) is 2.92. The Balaban J connectivity index is 2.81. The maximum Gasteiger partial charge on any atom is 0.347 e. The van der Waals surface area contributed by atoms with Gasteiger partial charge in [0.1, 0.15) is 17.1 Å². The van der Waals surface area contributed by atoms with E-state index in [-0.39, 0.29) is 23.6 Å². The smallest absolute Gasteiger partial charge is 0.347 e. The monoisotopic (exact) mass is 342 g/mol. The molecule has 0 bridgehead atoms. The molecule has 0 aliphatic heterocycles. The average molecular weight is 342 g/mol. The maximum atomic E-state index is 12.8. The topological polar surface area (TPSA) is 56.5 Å². The van der Waals surface area contributed by atoms with Crippen LogP contribution in [0, 0.1) is 20.8 Å². The van der Waals surface area contributed by atoms with Crippen LogP contribution < -0.4 is 10.4 Å².